The summed E-state index contributed by atoms with van der Waals surface area (Å²) in [5, 5.41) is 20.1. The molecule has 9 heteroatoms. The highest BCUT2D eigenvalue weighted by Gasteiger charge is 2.13. The van der Waals surface area contributed by atoms with Crippen molar-refractivity contribution in [2.45, 2.75) is 11.0 Å². The summed E-state index contributed by atoms with van der Waals surface area (Å²) in [6.45, 7) is 0. The molecule has 1 aromatic carbocycles. The molecule has 4 aromatic rings. The molecule has 3 heterocycles. The Kier molecular flexibility index (Phi) is 3.54. The number of aromatic nitrogens is 3. The van der Waals surface area contributed by atoms with Crippen molar-refractivity contribution in [3.63, 3.8) is 0 Å². The summed E-state index contributed by atoms with van der Waals surface area (Å²) in [5.41, 5.74) is 1.78. The fourth-order valence-corrected chi connectivity index (χ4v) is 3.07. The van der Waals surface area contributed by atoms with Crippen LogP contribution in [0.4, 0.5) is 5.69 Å². The van der Waals surface area contributed by atoms with Crippen molar-refractivity contribution < 1.29 is 13.8 Å². The molecule has 0 amide bonds. The molecular weight excluding hydrogens is 332 g/mol. The largest absolute Gasteiger partial charge is 0.459 e. The van der Waals surface area contributed by atoms with Gasteiger partial charge in [0.25, 0.3) is 16.8 Å². The van der Waals surface area contributed by atoms with Crippen molar-refractivity contribution >= 4 is 28.4 Å². The smallest absolute Gasteiger partial charge is 0.284 e. The van der Waals surface area contributed by atoms with E-state index in [1.54, 1.807) is 18.2 Å². The molecule has 0 spiro atoms. The molecule has 0 fully saturated rings. The van der Waals surface area contributed by atoms with Gasteiger partial charge in [-0.15, -0.1) is 10.2 Å². The van der Waals surface area contributed by atoms with Gasteiger partial charge in [0.05, 0.1) is 16.7 Å². The van der Waals surface area contributed by atoms with Gasteiger partial charge < -0.3 is 13.8 Å². The van der Waals surface area contributed by atoms with Crippen LogP contribution in [0.3, 0.4) is 0 Å². The number of H-pyrrole nitrogens is 1. The third-order valence-corrected chi connectivity index (χ3v) is 4.32. The van der Waals surface area contributed by atoms with Crippen LogP contribution in [0.5, 0.6) is 0 Å². The number of hydrogen-bond donors (Lipinski definition) is 1. The van der Waals surface area contributed by atoms with E-state index in [9.17, 15) is 10.1 Å². The minimum atomic E-state index is -0.413. The maximum absolute atomic E-state index is 10.8. The standard InChI is InChI=1S/C15H10N4O4S/c20-19(21)10-3-4-11-9(7-16-12(11)6-10)8-24-15-18-17-14(23-15)13-2-1-5-22-13/h1-7,16H,8H2. The lowest BCUT2D eigenvalue weighted by Crippen LogP contribution is -1.87. The SMILES string of the molecule is O=[N+]([O-])c1ccc2c(CSc3nnc(-c4ccco4)o3)c[nH]c2c1. The number of non-ortho nitro benzene ring substituents is 1. The number of nitrogens with zero attached hydrogens (tertiary/aromatic N) is 3. The molecule has 0 atom stereocenters. The van der Waals surface area contributed by atoms with E-state index >= 15 is 0 Å². The molecular formula is C15H10N4O4S. The maximum atomic E-state index is 10.8. The quantitative estimate of drug-likeness (QED) is 0.331. The second kappa shape index (κ2) is 5.85. The van der Waals surface area contributed by atoms with Gasteiger partial charge >= 0.3 is 0 Å². The number of aromatic amines is 1. The Bertz CT molecular complexity index is 1010. The number of fused-ring (bicyclic) bond motifs is 1. The van der Waals surface area contributed by atoms with Gasteiger partial charge in [0.2, 0.25) is 0 Å². The summed E-state index contributed by atoms with van der Waals surface area (Å²) in [5.74, 6) is 1.45. The third kappa shape index (κ3) is 2.65. The molecule has 120 valence electrons. The van der Waals surface area contributed by atoms with E-state index in [-0.39, 0.29) is 5.69 Å². The first-order chi connectivity index (χ1) is 11.7. The van der Waals surface area contributed by atoms with Crippen LogP contribution in [0.2, 0.25) is 0 Å². The molecule has 0 saturated carbocycles. The number of furan rings is 1. The number of hydrogen-bond acceptors (Lipinski definition) is 7. The van der Waals surface area contributed by atoms with Crippen LogP contribution < -0.4 is 0 Å². The Hall–Kier alpha value is -3.07. The van der Waals surface area contributed by atoms with Crippen LogP contribution in [-0.4, -0.2) is 20.1 Å². The number of nitro benzene ring substituents is 1. The predicted molar refractivity (Wildman–Crippen MR) is 86.5 cm³/mol. The summed E-state index contributed by atoms with van der Waals surface area (Å²) in [6.07, 6.45) is 3.36. The molecule has 3 aromatic heterocycles. The molecule has 0 aliphatic carbocycles. The van der Waals surface area contributed by atoms with E-state index in [1.807, 2.05) is 6.20 Å². The number of nitro groups is 1. The van der Waals surface area contributed by atoms with Crippen molar-refractivity contribution in [3.8, 4) is 11.7 Å². The van der Waals surface area contributed by atoms with Crippen LogP contribution >= 0.6 is 11.8 Å². The molecule has 4 rings (SSSR count). The van der Waals surface area contributed by atoms with Gasteiger partial charge in [-0.25, -0.2) is 0 Å². The Balaban J connectivity index is 1.52. The first-order valence-corrected chi connectivity index (χ1v) is 7.94. The van der Waals surface area contributed by atoms with Crippen LogP contribution in [0, 0.1) is 10.1 Å². The predicted octanol–water partition coefficient (Wildman–Crippen LogP) is 4.01. The zero-order chi connectivity index (χ0) is 16.5. The van der Waals surface area contributed by atoms with Gasteiger partial charge in [-0.2, -0.15) is 0 Å². The normalized spacial score (nSPS) is 11.2. The molecule has 0 unspecified atom stereocenters. The third-order valence-electron chi connectivity index (χ3n) is 3.45. The summed E-state index contributed by atoms with van der Waals surface area (Å²) >= 11 is 1.39. The molecule has 24 heavy (non-hydrogen) atoms. The van der Waals surface area contributed by atoms with Crippen LogP contribution in [0.1, 0.15) is 5.56 Å². The summed E-state index contributed by atoms with van der Waals surface area (Å²) < 4.78 is 10.7. The van der Waals surface area contributed by atoms with Crippen molar-refractivity contribution in [1.82, 2.24) is 15.2 Å². The number of benzene rings is 1. The van der Waals surface area contributed by atoms with E-state index in [2.05, 4.69) is 15.2 Å². The van der Waals surface area contributed by atoms with E-state index in [4.69, 9.17) is 8.83 Å². The molecule has 0 aliphatic heterocycles. The highest BCUT2D eigenvalue weighted by atomic mass is 32.2. The average Bonchev–Trinajstić information content (AvgIpc) is 3.32. The lowest BCUT2D eigenvalue weighted by atomic mass is 10.2. The van der Waals surface area contributed by atoms with Gasteiger partial charge in [-0.1, -0.05) is 11.8 Å². The van der Waals surface area contributed by atoms with Crippen LogP contribution in [0.25, 0.3) is 22.6 Å². The first kappa shape index (κ1) is 14.5. The molecule has 0 saturated heterocycles. The Morgan fingerprint density at radius 3 is 3.00 bits per heavy atom. The van der Waals surface area contributed by atoms with Gasteiger partial charge in [0.1, 0.15) is 0 Å². The summed E-state index contributed by atoms with van der Waals surface area (Å²) in [4.78, 5) is 13.4. The lowest BCUT2D eigenvalue weighted by molar-refractivity contribution is -0.384. The zero-order valence-electron chi connectivity index (χ0n) is 12.1. The highest BCUT2D eigenvalue weighted by molar-refractivity contribution is 7.98. The van der Waals surface area contributed by atoms with Gasteiger partial charge in [0.15, 0.2) is 5.76 Å². The maximum Gasteiger partial charge on any atom is 0.284 e. The minimum absolute atomic E-state index is 0.0588. The second-order valence-corrected chi connectivity index (χ2v) is 5.87. The van der Waals surface area contributed by atoms with Crippen molar-refractivity contribution in [3.05, 3.63) is 58.5 Å². The number of rotatable bonds is 5. The van der Waals surface area contributed by atoms with Crippen molar-refractivity contribution in [1.29, 1.82) is 0 Å². The first-order valence-electron chi connectivity index (χ1n) is 6.95. The second-order valence-electron chi connectivity index (χ2n) is 4.94. The van der Waals surface area contributed by atoms with E-state index in [0.717, 1.165) is 16.5 Å². The zero-order valence-corrected chi connectivity index (χ0v) is 12.9. The van der Waals surface area contributed by atoms with Gasteiger partial charge in [-0.3, -0.25) is 10.1 Å². The average molecular weight is 342 g/mol. The molecule has 0 radical (unpaired) electrons. The highest BCUT2D eigenvalue weighted by Crippen LogP contribution is 2.30. The van der Waals surface area contributed by atoms with E-state index in [1.165, 1.54) is 30.2 Å². The van der Waals surface area contributed by atoms with Crippen LogP contribution in [-0.2, 0) is 5.75 Å². The van der Waals surface area contributed by atoms with E-state index < -0.39 is 4.92 Å². The molecule has 0 bridgehead atoms. The monoisotopic (exact) mass is 342 g/mol. The fraction of sp³-hybridized carbons (Fsp3) is 0.0667. The number of nitrogens with one attached hydrogen (secondary N) is 1. The topological polar surface area (TPSA) is 111 Å². The Labute approximate surface area is 139 Å². The van der Waals surface area contributed by atoms with Crippen molar-refractivity contribution in [2.75, 3.05) is 0 Å². The number of thioether (sulfide) groups is 1. The van der Waals surface area contributed by atoms with Gasteiger partial charge in [0, 0.05) is 29.5 Å². The van der Waals surface area contributed by atoms with Crippen molar-refractivity contribution in [2.24, 2.45) is 0 Å². The van der Waals surface area contributed by atoms with E-state index in [0.29, 0.717) is 22.6 Å². The summed E-state index contributed by atoms with van der Waals surface area (Å²) in [6, 6.07) is 8.24. The minimum Gasteiger partial charge on any atom is -0.459 e. The fourth-order valence-electron chi connectivity index (χ4n) is 2.31. The molecule has 8 nitrogen and oxygen atoms in total. The molecule has 0 aliphatic rings. The Morgan fingerprint density at radius 2 is 2.21 bits per heavy atom. The summed E-state index contributed by atoms with van der Waals surface area (Å²) in [7, 11) is 0. The van der Waals surface area contributed by atoms with Gasteiger partial charge in [-0.05, 0) is 23.8 Å². The lowest BCUT2D eigenvalue weighted by Gasteiger charge is -1.96. The molecule has 1 N–H and O–H groups in total. The Morgan fingerprint density at radius 1 is 1.29 bits per heavy atom. The van der Waals surface area contributed by atoms with Crippen LogP contribution in [0.15, 0.2) is 56.8 Å².